The fraction of sp³-hybridized carbons (Fsp3) is 0.765. The van der Waals surface area contributed by atoms with Crippen molar-refractivity contribution >= 4 is 28.3 Å². The Morgan fingerprint density at radius 3 is 2.64 bits per heavy atom. The molecule has 3 rings (SSSR count). The van der Waals surface area contributed by atoms with E-state index in [0.29, 0.717) is 23.4 Å². The monoisotopic (exact) mass is 365 g/mol. The van der Waals surface area contributed by atoms with Gasteiger partial charge >= 0.3 is 0 Å². The summed E-state index contributed by atoms with van der Waals surface area (Å²) in [6.07, 6.45) is 6.09. The average molecular weight is 366 g/mol. The molecule has 1 aromatic rings. The first-order valence-corrected chi connectivity index (χ1v) is 10.1. The normalized spacial score (nSPS) is 20.6. The van der Waals surface area contributed by atoms with Crippen LogP contribution in [0.4, 0.5) is 5.13 Å². The van der Waals surface area contributed by atoms with E-state index in [2.05, 4.69) is 20.4 Å². The number of nitrogens with zero attached hydrogens (tertiary/aromatic N) is 4. The number of amides is 2. The van der Waals surface area contributed by atoms with Crippen molar-refractivity contribution in [3.05, 3.63) is 5.51 Å². The van der Waals surface area contributed by atoms with E-state index < -0.39 is 0 Å². The standard InChI is InChI=1S/C17H27N5O2S/c1-13(16(24)19-17-20-18-12-25-17)21-10-6-14(7-11-21)4-5-15(23)22-8-2-3-9-22/h12-14H,2-11H2,1H3,(H,19,20,24). The third-order valence-electron chi connectivity index (χ3n) is 5.39. The lowest BCUT2D eigenvalue weighted by Gasteiger charge is -2.35. The third-order valence-corrected chi connectivity index (χ3v) is 6.00. The molecule has 138 valence electrons. The fourth-order valence-corrected chi connectivity index (χ4v) is 4.13. The van der Waals surface area contributed by atoms with Gasteiger partial charge in [-0.3, -0.25) is 19.8 Å². The van der Waals surface area contributed by atoms with Crippen molar-refractivity contribution < 1.29 is 9.59 Å². The summed E-state index contributed by atoms with van der Waals surface area (Å²) in [6.45, 7) is 5.64. The summed E-state index contributed by atoms with van der Waals surface area (Å²) in [6, 6.07) is -0.170. The molecule has 1 aromatic heterocycles. The second-order valence-electron chi connectivity index (χ2n) is 7.02. The summed E-state index contributed by atoms with van der Waals surface area (Å²) in [5, 5.41) is 10.9. The molecule has 0 radical (unpaired) electrons. The molecule has 2 amide bonds. The molecule has 0 bridgehead atoms. The van der Waals surface area contributed by atoms with Crippen LogP contribution in [0.1, 0.15) is 45.4 Å². The molecule has 1 atom stereocenters. The van der Waals surface area contributed by atoms with Crippen LogP contribution in [0, 0.1) is 5.92 Å². The average Bonchev–Trinajstić information content (AvgIpc) is 3.33. The molecular formula is C17H27N5O2S. The van der Waals surface area contributed by atoms with Crippen LogP contribution in [0.25, 0.3) is 0 Å². The van der Waals surface area contributed by atoms with E-state index in [1.807, 2.05) is 11.8 Å². The van der Waals surface area contributed by atoms with Crippen LogP contribution < -0.4 is 5.32 Å². The van der Waals surface area contributed by atoms with E-state index in [0.717, 1.165) is 58.3 Å². The van der Waals surface area contributed by atoms with E-state index in [-0.39, 0.29) is 11.9 Å². The Morgan fingerprint density at radius 2 is 2.00 bits per heavy atom. The minimum atomic E-state index is -0.170. The Hall–Kier alpha value is -1.54. The first-order chi connectivity index (χ1) is 12.1. The molecule has 7 nitrogen and oxygen atoms in total. The second kappa shape index (κ2) is 8.71. The van der Waals surface area contributed by atoms with Crippen molar-refractivity contribution in [1.29, 1.82) is 0 Å². The molecule has 0 aromatic carbocycles. The zero-order valence-corrected chi connectivity index (χ0v) is 15.6. The van der Waals surface area contributed by atoms with Crippen molar-refractivity contribution in [2.45, 2.75) is 51.5 Å². The number of likely N-dealkylation sites (tertiary alicyclic amines) is 2. The number of piperidine rings is 1. The van der Waals surface area contributed by atoms with Gasteiger partial charge in [0.1, 0.15) is 5.51 Å². The number of anilines is 1. The van der Waals surface area contributed by atoms with Gasteiger partial charge in [0.25, 0.3) is 0 Å². The summed E-state index contributed by atoms with van der Waals surface area (Å²) in [7, 11) is 0. The van der Waals surface area contributed by atoms with Gasteiger partial charge in [0.15, 0.2) is 0 Å². The zero-order chi connectivity index (χ0) is 17.6. The summed E-state index contributed by atoms with van der Waals surface area (Å²) in [5.41, 5.74) is 1.61. The van der Waals surface area contributed by atoms with Crippen molar-refractivity contribution in [3.63, 3.8) is 0 Å². The lowest BCUT2D eigenvalue weighted by atomic mass is 9.91. The van der Waals surface area contributed by atoms with E-state index in [1.54, 1.807) is 5.51 Å². The van der Waals surface area contributed by atoms with Gasteiger partial charge in [-0.2, -0.15) is 0 Å². The molecule has 25 heavy (non-hydrogen) atoms. The topological polar surface area (TPSA) is 78.4 Å². The maximum absolute atomic E-state index is 12.3. The molecule has 1 unspecified atom stereocenters. The summed E-state index contributed by atoms with van der Waals surface area (Å²) >= 11 is 1.33. The van der Waals surface area contributed by atoms with Gasteiger partial charge in [0.2, 0.25) is 16.9 Å². The van der Waals surface area contributed by atoms with Crippen LogP contribution in [0.15, 0.2) is 5.51 Å². The van der Waals surface area contributed by atoms with Gasteiger partial charge in [0, 0.05) is 19.5 Å². The van der Waals surface area contributed by atoms with Gasteiger partial charge in [-0.1, -0.05) is 11.3 Å². The first kappa shape index (κ1) is 18.3. The minimum Gasteiger partial charge on any atom is -0.343 e. The summed E-state index contributed by atoms with van der Waals surface area (Å²) < 4.78 is 0. The highest BCUT2D eigenvalue weighted by Crippen LogP contribution is 2.24. The van der Waals surface area contributed by atoms with E-state index in [1.165, 1.54) is 11.3 Å². The molecule has 0 aliphatic carbocycles. The van der Waals surface area contributed by atoms with Crippen LogP contribution in [0.5, 0.6) is 0 Å². The fourth-order valence-electron chi connectivity index (χ4n) is 3.68. The number of hydrogen-bond donors (Lipinski definition) is 1. The molecule has 2 saturated heterocycles. The lowest BCUT2D eigenvalue weighted by molar-refractivity contribution is -0.130. The Bertz CT molecular complexity index is 566. The second-order valence-corrected chi connectivity index (χ2v) is 7.85. The van der Waals surface area contributed by atoms with E-state index >= 15 is 0 Å². The van der Waals surface area contributed by atoms with Crippen molar-refractivity contribution in [1.82, 2.24) is 20.0 Å². The van der Waals surface area contributed by atoms with Gasteiger partial charge in [-0.05, 0) is 58.0 Å². The van der Waals surface area contributed by atoms with Gasteiger partial charge in [-0.25, -0.2) is 0 Å². The number of carbonyl (C=O) groups excluding carboxylic acids is 2. The Labute approximate surface area is 152 Å². The lowest BCUT2D eigenvalue weighted by Crippen LogP contribution is -2.46. The molecule has 2 fully saturated rings. The predicted octanol–water partition coefficient (Wildman–Crippen LogP) is 1.98. The van der Waals surface area contributed by atoms with Gasteiger partial charge in [-0.15, -0.1) is 10.2 Å². The third kappa shape index (κ3) is 4.98. The van der Waals surface area contributed by atoms with Crippen LogP contribution in [-0.4, -0.2) is 64.0 Å². The molecular weight excluding hydrogens is 338 g/mol. The van der Waals surface area contributed by atoms with Gasteiger partial charge in [0.05, 0.1) is 6.04 Å². The van der Waals surface area contributed by atoms with E-state index in [9.17, 15) is 9.59 Å². The minimum absolute atomic E-state index is 0.0283. The van der Waals surface area contributed by atoms with Crippen LogP contribution >= 0.6 is 11.3 Å². The SMILES string of the molecule is CC(C(=O)Nc1nncs1)N1CCC(CCC(=O)N2CCCC2)CC1. The molecule has 1 N–H and O–H groups in total. The highest BCUT2D eigenvalue weighted by Gasteiger charge is 2.27. The number of carbonyl (C=O) groups is 2. The van der Waals surface area contributed by atoms with Crippen LogP contribution in [0.3, 0.4) is 0 Å². The van der Waals surface area contributed by atoms with Gasteiger partial charge < -0.3 is 4.90 Å². The van der Waals surface area contributed by atoms with E-state index in [4.69, 9.17) is 0 Å². The molecule has 8 heteroatoms. The molecule has 3 heterocycles. The van der Waals surface area contributed by atoms with Crippen molar-refractivity contribution in [2.24, 2.45) is 5.92 Å². The highest BCUT2D eigenvalue weighted by atomic mass is 32.1. The van der Waals surface area contributed by atoms with Crippen molar-refractivity contribution in [3.8, 4) is 0 Å². The zero-order valence-electron chi connectivity index (χ0n) is 14.8. The Morgan fingerprint density at radius 1 is 1.28 bits per heavy atom. The Balaban J connectivity index is 1.37. The van der Waals surface area contributed by atoms with Crippen molar-refractivity contribution in [2.75, 3.05) is 31.5 Å². The summed E-state index contributed by atoms with van der Waals surface area (Å²) in [4.78, 5) is 28.7. The van der Waals surface area contributed by atoms with Crippen LogP contribution in [0.2, 0.25) is 0 Å². The largest absolute Gasteiger partial charge is 0.343 e. The maximum Gasteiger partial charge on any atom is 0.243 e. The highest BCUT2D eigenvalue weighted by molar-refractivity contribution is 7.13. The summed E-state index contributed by atoms with van der Waals surface area (Å²) in [5.74, 6) is 0.894. The maximum atomic E-state index is 12.3. The molecule has 2 aliphatic heterocycles. The number of rotatable bonds is 6. The number of hydrogen-bond acceptors (Lipinski definition) is 6. The van der Waals surface area contributed by atoms with Crippen LogP contribution in [-0.2, 0) is 9.59 Å². The number of aromatic nitrogens is 2. The Kier molecular flexibility index (Phi) is 6.36. The molecule has 2 aliphatic rings. The first-order valence-electron chi connectivity index (χ1n) is 9.22. The molecule has 0 saturated carbocycles. The quantitative estimate of drug-likeness (QED) is 0.834. The predicted molar refractivity (Wildman–Crippen MR) is 97.3 cm³/mol. The molecule has 0 spiro atoms. The smallest absolute Gasteiger partial charge is 0.243 e. The number of nitrogens with one attached hydrogen (secondary N) is 1.